The van der Waals surface area contributed by atoms with Gasteiger partial charge in [-0.2, -0.15) is 5.26 Å². The zero-order chi connectivity index (χ0) is 11.5. The molecule has 1 aromatic rings. The van der Waals surface area contributed by atoms with Gasteiger partial charge in [0.1, 0.15) is 5.75 Å². The van der Waals surface area contributed by atoms with Gasteiger partial charge in [-0.25, -0.2) is 0 Å². The number of anilines is 1. The highest BCUT2D eigenvalue weighted by molar-refractivity contribution is 5.95. The standard InChI is InChI=1S/C11H11N3O2/c1-14(7-12)5-8-2-3-10-9(4-8)13-11(15)6-16-10/h2-4H,5-6H2,1H3,(H,13,15). The molecule has 5 nitrogen and oxygen atoms in total. The fourth-order valence-corrected chi connectivity index (χ4v) is 1.54. The van der Waals surface area contributed by atoms with E-state index < -0.39 is 0 Å². The van der Waals surface area contributed by atoms with Crippen molar-refractivity contribution in [1.29, 1.82) is 5.26 Å². The van der Waals surface area contributed by atoms with Crippen LogP contribution in [0.25, 0.3) is 0 Å². The molecular formula is C11H11N3O2. The summed E-state index contributed by atoms with van der Waals surface area (Å²) in [4.78, 5) is 12.6. The summed E-state index contributed by atoms with van der Waals surface area (Å²) in [6.45, 7) is 0.574. The van der Waals surface area contributed by atoms with Gasteiger partial charge in [-0.05, 0) is 17.7 Å². The van der Waals surface area contributed by atoms with Gasteiger partial charge in [0.25, 0.3) is 5.91 Å². The Morgan fingerprint density at radius 2 is 2.44 bits per heavy atom. The Morgan fingerprint density at radius 1 is 1.62 bits per heavy atom. The van der Waals surface area contributed by atoms with Crippen molar-refractivity contribution in [3.8, 4) is 11.9 Å². The minimum atomic E-state index is -0.154. The molecule has 0 bridgehead atoms. The minimum Gasteiger partial charge on any atom is -0.482 e. The second-order valence-electron chi connectivity index (χ2n) is 3.62. The number of rotatable bonds is 2. The first kappa shape index (κ1) is 10.3. The molecular weight excluding hydrogens is 206 g/mol. The van der Waals surface area contributed by atoms with Crippen LogP contribution >= 0.6 is 0 Å². The van der Waals surface area contributed by atoms with E-state index in [4.69, 9.17) is 10.00 Å². The Bertz CT molecular complexity index is 465. The number of hydrogen-bond acceptors (Lipinski definition) is 4. The van der Waals surface area contributed by atoms with Crippen molar-refractivity contribution >= 4 is 11.6 Å². The van der Waals surface area contributed by atoms with Crippen LogP contribution in [0.4, 0.5) is 5.69 Å². The van der Waals surface area contributed by atoms with E-state index in [0.717, 1.165) is 5.56 Å². The normalized spacial score (nSPS) is 13.1. The molecule has 1 N–H and O–H groups in total. The van der Waals surface area contributed by atoms with Gasteiger partial charge in [-0.1, -0.05) is 6.07 Å². The van der Waals surface area contributed by atoms with Crippen molar-refractivity contribution in [1.82, 2.24) is 4.90 Å². The summed E-state index contributed by atoms with van der Waals surface area (Å²) < 4.78 is 5.23. The molecule has 0 aliphatic carbocycles. The molecule has 1 aliphatic heterocycles. The van der Waals surface area contributed by atoms with Gasteiger partial charge in [-0.3, -0.25) is 4.79 Å². The topological polar surface area (TPSA) is 65.4 Å². The van der Waals surface area contributed by atoms with Crippen LogP contribution in [-0.4, -0.2) is 24.5 Å². The van der Waals surface area contributed by atoms with Crippen LogP contribution in [0.1, 0.15) is 5.56 Å². The second kappa shape index (κ2) is 4.11. The zero-order valence-electron chi connectivity index (χ0n) is 8.86. The number of hydrogen-bond donors (Lipinski definition) is 1. The fraction of sp³-hybridized carbons (Fsp3) is 0.273. The van der Waals surface area contributed by atoms with E-state index >= 15 is 0 Å². The highest BCUT2D eigenvalue weighted by Gasteiger charge is 2.15. The van der Waals surface area contributed by atoms with Crippen molar-refractivity contribution < 1.29 is 9.53 Å². The first-order chi connectivity index (χ1) is 7.69. The minimum absolute atomic E-state index is 0.0600. The highest BCUT2D eigenvalue weighted by atomic mass is 16.5. The maximum atomic E-state index is 11.1. The number of ether oxygens (including phenoxy) is 1. The molecule has 5 heteroatoms. The van der Waals surface area contributed by atoms with Crippen LogP contribution in [0.15, 0.2) is 18.2 Å². The summed E-state index contributed by atoms with van der Waals surface area (Å²) in [5.41, 5.74) is 1.62. The maximum Gasteiger partial charge on any atom is 0.262 e. The molecule has 1 aliphatic rings. The van der Waals surface area contributed by atoms with E-state index in [9.17, 15) is 4.79 Å². The predicted molar refractivity (Wildman–Crippen MR) is 57.6 cm³/mol. The van der Waals surface area contributed by atoms with Crippen LogP contribution in [0.2, 0.25) is 0 Å². The average molecular weight is 217 g/mol. The van der Waals surface area contributed by atoms with Crippen LogP contribution in [0, 0.1) is 11.5 Å². The first-order valence-electron chi connectivity index (χ1n) is 4.85. The summed E-state index contributed by atoms with van der Waals surface area (Å²) in [7, 11) is 1.70. The van der Waals surface area contributed by atoms with Gasteiger partial charge in [0.05, 0.1) is 12.2 Å². The lowest BCUT2D eigenvalue weighted by Gasteiger charge is -2.19. The molecule has 82 valence electrons. The first-order valence-corrected chi connectivity index (χ1v) is 4.85. The Hall–Kier alpha value is -2.22. The van der Waals surface area contributed by atoms with Crippen molar-refractivity contribution in [2.45, 2.75) is 6.54 Å². The van der Waals surface area contributed by atoms with E-state index in [1.165, 1.54) is 4.90 Å². The van der Waals surface area contributed by atoms with E-state index in [1.54, 1.807) is 13.1 Å². The fourth-order valence-electron chi connectivity index (χ4n) is 1.54. The van der Waals surface area contributed by atoms with Gasteiger partial charge >= 0.3 is 0 Å². The Kier molecular flexibility index (Phi) is 2.64. The zero-order valence-corrected chi connectivity index (χ0v) is 8.86. The molecule has 1 aromatic carbocycles. The average Bonchev–Trinajstić information content (AvgIpc) is 2.28. The molecule has 0 unspecified atom stereocenters. The Labute approximate surface area is 93.2 Å². The summed E-state index contributed by atoms with van der Waals surface area (Å²) in [5.74, 6) is 0.515. The highest BCUT2D eigenvalue weighted by Crippen LogP contribution is 2.28. The Morgan fingerprint density at radius 3 is 3.19 bits per heavy atom. The molecule has 0 saturated heterocycles. The molecule has 1 heterocycles. The van der Waals surface area contributed by atoms with E-state index in [1.807, 2.05) is 18.3 Å². The molecule has 2 rings (SSSR count). The van der Waals surface area contributed by atoms with Crippen LogP contribution in [0.3, 0.4) is 0 Å². The number of fused-ring (bicyclic) bond motifs is 1. The molecule has 0 fully saturated rings. The SMILES string of the molecule is CN(C#N)Cc1ccc2c(c1)NC(=O)CO2. The summed E-state index contributed by atoms with van der Waals surface area (Å²) in [5, 5.41) is 11.4. The summed E-state index contributed by atoms with van der Waals surface area (Å²) >= 11 is 0. The Balaban J connectivity index is 2.22. The van der Waals surface area contributed by atoms with Crippen molar-refractivity contribution in [2.75, 3.05) is 19.0 Å². The molecule has 0 saturated carbocycles. The maximum absolute atomic E-state index is 11.1. The summed E-state index contributed by atoms with van der Waals surface area (Å²) in [6, 6.07) is 5.50. The third-order valence-electron chi connectivity index (χ3n) is 2.27. The van der Waals surface area contributed by atoms with Gasteiger partial charge in [-0.15, -0.1) is 0 Å². The van der Waals surface area contributed by atoms with Crippen molar-refractivity contribution in [3.05, 3.63) is 23.8 Å². The number of nitrogens with zero attached hydrogens (tertiary/aromatic N) is 2. The smallest absolute Gasteiger partial charge is 0.262 e. The summed E-state index contributed by atoms with van der Waals surface area (Å²) in [6.07, 6.45) is 2.02. The van der Waals surface area contributed by atoms with Gasteiger partial charge < -0.3 is 15.0 Å². The molecule has 16 heavy (non-hydrogen) atoms. The van der Waals surface area contributed by atoms with Gasteiger partial charge in [0.2, 0.25) is 0 Å². The second-order valence-corrected chi connectivity index (χ2v) is 3.62. The van der Waals surface area contributed by atoms with Crippen LogP contribution in [-0.2, 0) is 11.3 Å². The van der Waals surface area contributed by atoms with E-state index in [0.29, 0.717) is 18.0 Å². The monoisotopic (exact) mass is 217 g/mol. The molecule has 1 amide bonds. The number of benzene rings is 1. The largest absolute Gasteiger partial charge is 0.482 e. The number of carbonyl (C=O) groups is 1. The quantitative estimate of drug-likeness (QED) is 0.591. The van der Waals surface area contributed by atoms with Crippen LogP contribution in [0.5, 0.6) is 5.75 Å². The lowest BCUT2D eigenvalue weighted by atomic mass is 10.1. The number of nitriles is 1. The third-order valence-corrected chi connectivity index (χ3v) is 2.27. The lowest BCUT2D eigenvalue weighted by molar-refractivity contribution is -0.118. The lowest BCUT2D eigenvalue weighted by Crippen LogP contribution is -2.25. The van der Waals surface area contributed by atoms with Gasteiger partial charge in [0.15, 0.2) is 12.8 Å². The van der Waals surface area contributed by atoms with E-state index in [2.05, 4.69) is 5.32 Å². The number of amides is 1. The predicted octanol–water partition coefficient (Wildman–Crippen LogP) is 0.930. The third kappa shape index (κ3) is 2.06. The molecule has 0 radical (unpaired) electrons. The molecule has 0 atom stereocenters. The van der Waals surface area contributed by atoms with Crippen molar-refractivity contribution in [3.63, 3.8) is 0 Å². The number of carbonyl (C=O) groups excluding carboxylic acids is 1. The number of nitrogens with one attached hydrogen (secondary N) is 1. The van der Waals surface area contributed by atoms with Crippen LogP contribution < -0.4 is 10.1 Å². The van der Waals surface area contributed by atoms with Gasteiger partial charge in [0, 0.05) is 7.05 Å². The molecule has 0 spiro atoms. The van der Waals surface area contributed by atoms with E-state index in [-0.39, 0.29) is 12.5 Å². The van der Waals surface area contributed by atoms with Crippen molar-refractivity contribution in [2.24, 2.45) is 0 Å². The molecule has 0 aromatic heterocycles.